The van der Waals surface area contributed by atoms with E-state index in [0.29, 0.717) is 18.3 Å². The van der Waals surface area contributed by atoms with Crippen LogP contribution in [0.25, 0.3) is 0 Å². The lowest BCUT2D eigenvalue weighted by atomic mass is 10.3. The molecule has 0 aliphatic heterocycles. The highest BCUT2D eigenvalue weighted by molar-refractivity contribution is 5.86. The van der Waals surface area contributed by atoms with Crippen molar-refractivity contribution < 1.29 is 9.53 Å². The first-order chi connectivity index (χ1) is 8.04. The summed E-state index contributed by atoms with van der Waals surface area (Å²) in [4.78, 5) is 17.1. The molecule has 0 saturated heterocycles. The number of nitrogens with zero attached hydrogens (tertiary/aromatic N) is 2. The second-order valence-corrected chi connectivity index (χ2v) is 3.96. The zero-order chi connectivity index (χ0) is 12.8. The molecule has 0 atom stereocenters. The van der Waals surface area contributed by atoms with Gasteiger partial charge in [0.05, 0.1) is 18.5 Å². The zero-order valence-electron chi connectivity index (χ0n) is 10.7. The Labute approximate surface area is 102 Å². The van der Waals surface area contributed by atoms with Crippen molar-refractivity contribution in [2.75, 3.05) is 23.9 Å². The van der Waals surface area contributed by atoms with Crippen LogP contribution in [-0.4, -0.2) is 30.8 Å². The van der Waals surface area contributed by atoms with Gasteiger partial charge in [0.1, 0.15) is 5.82 Å². The first kappa shape index (κ1) is 13.3. The molecule has 0 unspecified atom stereocenters. The summed E-state index contributed by atoms with van der Waals surface area (Å²) < 4.78 is 4.90. The van der Waals surface area contributed by atoms with Crippen LogP contribution in [0.5, 0.6) is 0 Å². The van der Waals surface area contributed by atoms with Crippen LogP contribution in [0.2, 0.25) is 0 Å². The molecular weight excluding hydrogens is 218 g/mol. The summed E-state index contributed by atoms with van der Waals surface area (Å²) in [5, 5.41) is 3.18. The van der Waals surface area contributed by atoms with Crippen LogP contribution in [0.4, 0.5) is 16.3 Å². The van der Waals surface area contributed by atoms with Gasteiger partial charge in [-0.1, -0.05) is 0 Å². The van der Waals surface area contributed by atoms with E-state index in [0.717, 1.165) is 5.82 Å². The number of nitrogens with one attached hydrogen (secondary N) is 1. The minimum absolute atomic E-state index is 0.330. The fourth-order valence-electron chi connectivity index (χ4n) is 1.29. The molecular formula is C12H19N3O2. The van der Waals surface area contributed by atoms with Crippen LogP contribution in [0.1, 0.15) is 20.8 Å². The van der Waals surface area contributed by atoms with E-state index in [1.165, 1.54) is 4.90 Å². The molecule has 0 radical (unpaired) electrons. The molecule has 17 heavy (non-hydrogen) atoms. The highest BCUT2D eigenvalue weighted by Crippen LogP contribution is 2.14. The molecule has 1 aromatic heterocycles. The Balaban J connectivity index is 2.70. The molecule has 94 valence electrons. The number of pyridine rings is 1. The summed E-state index contributed by atoms with van der Waals surface area (Å²) in [5.41, 5.74) is 0.706. The van der Waals surface area contributed by atoms with E-state index in [-0.39, 0.29) is 6.09 Å². The lowest BCUT2D eigenvalue weighted by Gasteiger charge is -2.16. The number of ether oxygens (including phenoxy) is 1. The first-order valence-corrected chi connectivity index (χ1v) is 5.67. The third-order valence-corrected chi connectivity index (χ3v) is 2.11. The van der Waals surface area contributed by atoms with Crippen molar-refractivity contribution in [3.05, 3.63) is 18.3 Å². The van der Waals surface area contributed by atoms with Gasteiger partial charge in [-0.25, -0.2) is 9.78 Å². The van der Waals surface area contributed by atoms with Crippen LogP contribution < -0.4 is 10.2 Å². The first-order valence-electron chi connectivity index (χ1n) is 5.67. The van der Waals surface area contributed by atoms with E-state index in [1.807, 2.05) is 26.0 Å². The SMILES string of the molecule is CCOC(=O)N(C)c1ccc(NC(C)C)nc1. The number of hydrogen-bond donors (Lipinski definition) is 1. The number of amides is 1. The van der Waals surface area contributed by atoms with Crippen LogP contribution in [0.15, 0.2) is 18.3 Å². The standard InChI is InChI=1S/C12H19N3O2/c1-5-17-12(16)15(4)10-6-7-11(13-8-10)14-9(2)3/h6-9H,5H2,1-4H3,(H,13,14). The number of carbonyl (C=O) groups is 1. The number of rotatable bonds is 4. The number of carbonyl (C=O) groups excluding carboxylic acids is 1. The van der Waals surface area contributed by atoms with Gasteiger partial charge in [-0.2, -0.15) is 0 Å². The predicted octanol–water partition coefficient (Wildman–Crippen LogP) is 2.49. The molecule has 5 nitrogen and oxygen atoms in total. The molecule has 1 aromatic rings. The molecule has 0 spiro atoms. The number of aromatic nitrogens is 1. The summed E-state index contributed by atoms with van der Waals surface area (Å²) in [6.07, 6.45) is 1.26. The van der Waals surface area contributed by atoms with E-state index >= 15 is 0 Å². The third-order valence-electron chi connectivity index (χ3n) is 2.11. The van der Waals surface area contributed by atoms with Gasteiger partial charge in [0.25, 0.3) is 0 Å². The fraction of sp³-hybridized carbons (Fsp3) is 0.500. The van der Waals surface area contributed by atoms with Gasteiger partial charge in [0.2, 0.25) is 0 Å². The van der Waals surface area contributed by atoms with Crippen molar-refractivity contribution >= 4 is 17.6 Å². The Bertz CT molecular complexity index is 363. The second kappa shape index (κ2) is 6.08. The number of anilines is 2. The summed E-state index contributed by atoms with van der Waals surface area (Å²) in [7, 11) is 1.66. The van der Waals surface area contributed by atoms with Crippen molar-refractivity contribution in [1.82, 2.24) is 4.98 Å². The molecule has 1 amide bonds. The Morgan fingerprint density at radius 2 is 2.24 bits per heavy atom. The van der Waals surface area contributed by atoms with Crippen LogP contribution in [-0.2, 0) is 4.74 Å². The molecule has 0 fully saturated rings. The van der Waals surface area contributed by atoms with E-state index in [2.05, 4.69) is 10.3 Å². The molecule has 0 aliphatic rings. The highest BCUT2D eigenvalue weighted by atomic mass is 16.6. The maximum atomic E-state index is 11.5. The Morgan fingerprint density at radius 3 is 2.71 bits per heavy atom. The zero-order valence-corrected chi connectivity index (χ0v) is 10.7. The van der Waals surface area contributed by atoms with Crippen LogP contribution >= 0.6 is 0 Å². The Morgan fingerprint density at radius 1 is 1.53 bits per heavy atom. The monoisotopic (exact) mass is 237 g/mol. The summed E-state index contributed by atoms with van der Waals surface area (Å²) in [6, 6.07) is 4.00. The lowest BCUT2D eigenvalue weighted by Crippen LogP contribution is -2.27. The van der Waals surface area contributed by atoms with E-state index in [9.17, 15) is 4.79 Å². The molecule has 0 bridgehead atoms. The second-order valence-electron chi connectivity index (χ2n) is 3.96. The molecule has 1 rings (SSSR count). The largest absolute Gasteiger partial charge is 0.449 e. The van der Waals surface area contributed by atoms with E-state index in [1.54, 1.807) is 20.2 Å². The lowest BCUT2D eigenvalue weighted by molar-refractivity contribution is 0.161. The maximum Gasteiger partial charge on any atom is 0.414 e. The summed E-state index contributed by atoms with van der Waals surface area (Å²) >= 11 is 0. The Kier molecular flexibility index (Phi) is 4.75. The van der Waals surface area contributed by atoms with Gasteiger partial charge in [-0.3, -0.25) is 4.90 Å². The average molecular weight is 237 g/mol. The Hall–Kier alpha value is -1.78. The van der Waals surface area contributed by atoms with Gasteiger partial charge in [-0.15, -0.1) is 0 Å². The smallest absolute Gasteiger partial charge is 0.414 e. The van der Waals surface area contributed by atoms with Crippen LogP contribution in [0.3, 0.4) is 0 Å². The molecule has 0 aliphatic carbocycles. The highest BCUT2D eigenvalue weighted by Gasteiger charge is 2.11. The summed E-state index contributed by atoms with van der Waals surface area (Å²) in [5.74, 6) is 0.793. The quantitative estimate of drug-likeness (QED) is 0.874. The average Bonchev–Trinajstić information content (AvgIpc) is 2.28. The fourth-order valence-corrected chi connectivity index (χ4v) is 1.29. The minimum atomic E-state index is -0.376. The van der Waals surface area contributed by atoms with Gasteiger partial charge < -0.3 is 10.1 Å². The van der Waals surface area contributed by atoms with E-state index in [4.69, 9.17) is 4.74 Å². The van der Waals surface area contributed by atoms with Crippen molar-refractivity contribution in [1.29, 1.82) is 0 Å². The van der Waals surface area contributed by atoms with Gasteiger partial charge in [0.15, 0.2) is 0 Å². The third kappa shape index (κ3) is 3.94. The molecule has 1 heterocycles. The van der Waals surface area contributed by atoms with Crippen LogP contribution in [0, 0.1) is 0 Å². The minimum Gasteiger partial charge on any atom is -0.449 e. The van der Waals surface area contributed by atoms with Gasteiger partial charge in [-0.05, 0) is 32.9 Å². The van der Waals surface area contributed by atoms with Gasteiger partial charge in [0, 0.05) is 13.1 Å². The predicted molar refractivity (Wildman–Crippen MR) is 68.4 cm³/mol. The van der Waals surface area contributed by atoms with Crippen molar-refractivity contribution in [3.8, 4) is 0 Å². The molecule has 0 saturated carbocycles. The molecule has 0 aromatic carbocycles. The summed E-state index contributed by atoms with van der Waals surface area (Å²) in [6.45, 7) is 6.23. The van der Waals surface area contributed by atoms with E-state index < -0.39 is 0 Å². The normalized spacial score (nSPS) is 10.2. The van der Waals surface area contributed by atoms with Crippen molar-refractivity contribution in [2.45, 2.75) is 26.8 Å². The van der Waals surface area contributed by atoms with Crippen molar-refractivity contribution in [2.24, 2.45) is 0 Å². The van der Waals surface area contributed by atoms with Crippen molar-refractivity contribution in [3.63, 3.8) is 0 Å². The number of hydrogen-bond acceptors (Lipinski definition) is 4. The topological polar surface area (TPSA) is 54.5 Å². The molecule has 5 heteroatoms. The molecule has 1 N–H and O–H groups in total. The van der Waals surface area contributed by atoms with Gasteiger partial charge >= 0.3 is 6.09 Å². The maximum absolute atomic E-state index is 11.5.